The molecule has 0 aliphatic carbocycles. The second kappa shape index (κ2) is 5.02. The van der Waals surface area contributed by atoms with Crippen LogP contribution in [0, 0.1) is 13.8 Å². The first-order valence-corrected chi connectivity index (χ1v) is 7.56. The van der Waals surface area contributed by atoms with Gasteiger partial charge in [-0.15, -0.1) is 0 Å². The molecule has 2 heterocycles. The topological polar surface area (TPSA) is 66.3 Å². The van der Waals surface area contributed by atoms with E-state index in [2.05, 4.69) is 9.97 Å². The van der Waals surface area contributed by atoms with Gasteiger partial charge in [-0.2, -0.15) is 0 Å². The molecule has 1 saturated heterocycles. The normalized spacial score (nSPS) is 20.6. The van der Waals surface area contributed by atoms with Gasteiger partial charge in [0.15, 0.2) is 0 Å². The summed E-state index contributed by atoms with van der Waals surface area (Å²) in [5.41, 5.74) is 3.34. The van der Waals surface area contributed by atoms with Gasteiger partial charge in [-0.25, -0.2) is 9.97 Å². The molecule has 0 spiro atoms. The number of amides is 1. The standard InChI is InChI=1S/C17H21N3O2/c1-10-11(2)19-14-9-12(5-6-13(14)18-10)16(22)20-8-7-15(21)17(20,3)4/h5-6,9,15,21H,7-8H2,1-4H3. The van der Waals surface area contributed by atoms with Crippen LogP contribution < -0.4 is 0 Å². The molecule has 1 aromatic carbocycles. The quantitative estimate of drug-likeness (QED) is 0.877. The van der Waals surface area contributed by atoms with Gasteiger partial charge in [0, 0.05) is 12.1 Å². The minimum atomic E-state index is -0.541. The lowest BCUT2D eigenvalue weighted by atomic mass is 9.98. The Morgan fingerprint density at radius 2 is 1.86 bits per heavy atom. The van der Waals surface area contributed by atoms with Crippen molar-refractivity contribution in [2.75, 3.05) is 6.54 Å². The highest BCUT2D eigenvalue weighted by Crippen LogP contribution is 2.30. The Hall–Kier alpha value is -2.01. The third kappa shape index (κ3) is 2.25. The maximum absolute atomic E-state index is 12.8. The van der Waals surface area contributed by atoms with Crippen LogP contribution in [0.2, 0.25) is 0 Å². The number of fused-ring (bicyclic) bond motifs is 1. The molecule has 1 aliphatic rings. The molecule has 1 fully saturated rings. The SMILES string of the molecule is Cc1nc2ccc(C(=O)N3CCC(O)C3(C)C)cc2nc1C. The van der Waals surface area contributed by atoms with Crippen LogP contribution in [0.4, 0.5) is 0 Å². The number of carbonyl (C=O) groups is 1. The van der Waals surface area contributed by atoms with Gasteiger partial charge in [0.25, 0.3) is 5.91 Å². The number of likely N-dealkylation sites (tertiary alicyclic amines) is 1. The summed E-state index contributed by atoms with van der Waals surface area (Å²) in [6, 6.07) is 5.41. The van der Waals surface area contributed by atoms with Crippen molar-refractivity contribution in [3.63, 3.8) is 0 Å². The smallest absolute Gasteiger partial charge is 0.254 e. The Kier molecular flexibility index (Phi) is 3.40. The van der Waals surface area contributed by atoms with Gasteiger partial charge in [0.05, 0.1) is 34.1 Å². The molecule has 0 radical (unpaired) electrons. The summed E-state index contributed by atoms with van der Waals surface area (Å²) < 4.78 is 0. The van der Waals surface area contributed by atoms with Gasteiger partial charge < -0.3 is 10.0 Å². The average molecular weight is 299 g/mol. The Bertz CT molecular complexity index is 755. The number of rotatable bonds is 1. The van der Waals surface area contributed by atoms with Crippen LogP contribution >= 0.6 is 0 Å². The second-order valence-corrected chi connectivity index (χ2v) is 6.51. The van der Waals surface area contributed by atoms with Crippen molar-refractivity contribution in [1.82, 2.24) is 14.9 Å². The van der Waals surface area contributed by atoms with Crippen molar-refractivity contribution in [2.24, 2.45) is 0 Å². The maximum atomic E-state index is 12.8. The molecule has 3 rings (SSSR count). The number of hydrogen-bond acceptors (Lipinski definition) is 4. The number of carbonyl (C=O) groups excluding carboxylic acids is 1. The van der Waals surface area contributed by atoms with Gasteiger partial charge in [0.2, 0.25) is 0 Å². The molecule has 0 saturated carbocycles. The maximum Gasteiger partial charge on any atom is 0.254 e. The van der Waals surface area contributed by atoms with Crippen LogP contribution in [0.3, 0.4) is 0 Å². The molecule has 1 amide bonds. The summed E-state index contributed by atoms with van der Waals surface area (Å²) in [5.74, 6) is -0.0662. The van der Waals surface area contributed by atoms with Gasteiger partial charge in [-0.1, -0.05) is 0 Å². The molecule has 22 heavy (non-hydrogen) atoms. The molecule has 5 heteroatoms. The van der Waals surface area contributed by atoms with Gasteiger partial charge in [0.1, 0.15) is 0 Å². The molecule has 1 aliphatic heterocycles. The Morgan fingerprint density at radius 3 is 2.45 bits per heavy atom. The summed E-state index contributed by atoms with van der Waals surface area (Å²) in [6.07, 6.45) is 0.131. The second-order valence-electron chi connectivity index (χ2n) is 6.51. The van der Waals surface area contributed by atoms with Crippen molar-refractivity contribution in [3.8, 4) is 0 Å². The fourth-order valence-electron chi connectivity index (χ4n) is 2.96. The zero-order valence-corrected chi connectivity index (χ0v) is 13.4. The van der Waals surface area contributed by atoms with Crippen molar-refractivity contribution < 1.29 is 9.90 Å². The minimum Gasteiger partial charge on any atom is -0.391 e. The van der Waals surface area contributed by atoms with E-state index in [0.717, 1.165) is 22.4 Å². The van der Waals surface area contributed by atoms with E-state index in [1.807, 2.05) is 33.8 Å². The molecule has 1 unspecified atom stereocenters. The highest BCUT2D eigenvalue weighted by atomic mass is 16.3. The van der Waals surface area contributed by atoms with Crippen LogP contribution in [0.25, 0.3) is 11.0 Å². The van der Waals surface area contributed by atoms with Crippen molar-refractivity contribution in [3.05, 3.63) is 35.2 Å². The monoisotopic (exact) mass is 299 g/mol. The largest absolute Gasteiger partial charge is 0.391 e. The zero-order chi connectivity index (χ0) is 16.1. The van der Waals surface area contributed by atoms with E-state index in [4.69, 9.17) is 0 Å². The Morgan fingerprint density at radius 1 is 1.23 bits per heavy atom. The number of benzene rings is 1. The number of aliphatic hydroxyl groups is 1. The molecule has 1 atom stereocenters. The van der Waals surface area contributed by atoms with E-state index in [0.29, 0.717) is 18.5 Å². The van der Waals surface area contributed by atoms with Gasteiger partial charge in [-0.05, 0) is 52.3 Å². The summed E-state index contributed by atoms with van der Waals surface area (Å²) in [7, 11) is 0. The summed E-state index contributed by atoms with van der Waals surface area (Å²) >= 11 is 0. The molecule has 0 bridgehead atoms. The third-order valence-electron chi connectivity index (χ3n) is 4.70. The molecular weight excluding hydrogens is 278 g/mol. The Labute approximate surface area is 130 Å². The first-order valence-electron chi connectivity index (χ1n) is 7.56. The van der Waals surface area contributed by atoms with Crippen LogP contribution in [-0.2, 0) is 0 Å². The lowest BCUT2D eigenvalue weighted by molar-refractivity contribution is 0.0394. The van der Waals surface area contributed by atoms with Gasteiger partial charge in [-0.3, -0.25) is 4.79 Å². The summed E-state index contributed by atoms with van der Waals surface area (Å²) in [4.78, 5) is 23.5. The first kappa shape index (κ1) is 14.9. The zero-order valence-electron chi connectivity index (χ0n) is 13.4. The van der Waals surface area contributed by atoms with E-state index in [1.54, 1.807) is 17.0 Å². The lowest BCUT2D eigenvalue weighted by Crippen LogP contribution is -2.48. The van der Waals surface area contributed by atoms with Crippen LogP contribution in [-0.4, -0.2) is 44.1 Å². The fourth-order valence-corrected chi connectivity index (χ4v) is 2.96. The third-order valence-corrected chi connectivity index (χ3v) is 4.70. The van der Waals surface area contributed by atoms with E-state index in [9.17, 15) is 9.90 Å². The highest BCUT2D eigenvalue weighted by Gasteiger charge is 2.43. The predicted molar refractivity (Wildman–Crippen MR) is 84.8 cm³/mol. The number of aliphatic hydroxyl groups excluding tert-OH is 1. The fraction of sp³-hybridized carbons (Fsp3) is 0.471. The molecule has 2 aromatic rings. The Balaban J connectivity index is 2.00. The number of aryl methyl sites for hydroxylation is 2. The van der Waals surface area contributed by atoms with Crippen LogP contribution in [0.5, 0.6) is 0 Å². The molecular formula is C17H21N3O2. The van der Waals surface area contributed by atoms with Gasteiger partial charge >= 0.3 is 0 Å². The van der Waals surface area contributed by atoms with Crippen molar-refractivity contribution in [2.45, 2.75) is 45.8 Å². The summed E-state index contributed by atoms with van der Waals surface area (Å²) in [5, 5.41) is 10.0. The van der Waals surface area contributed by atoms with Crippen molar-refractivity contribution >= 4 is 16.9 Å². The lowest BCUT2D eigenvalue weighted by Gasteiger charge is -2.33. The molecule has 5 nitrogen and oxygen atoms in total. The van der Waals surface area contributed by atoms with Crippen LogP contribution in [0.1, 0.15) is 42.0 Å². The molecule has 1 N–H and O–H groups in total. The number of nitrogens with zero attached hydrogens (tertiary/aromatic N) is 3. The number of aromatic nitrogens is 2. The van der Waals surface area contributed by atoms with E-state index < -0.39 is 11.6 Å². The molecule has 1 aromatic heterocycles. The van der Waals surface area contributed by atoms with E-state index >= 15 is 0 Å². The molecule has 116 valence electrons. The average Bonchev–Trinajstić information content (AvgIpc) is 2.73. The van der Waals surface area contributed by atoms with E-state index in [1.165, 1.54) is 0 Å². The summed E-state index contributed by atoms with van der Waals surface area (Å²) in [6.45, 7) is 8.21. The van der Waals surface area contributed by atoms with E-state index in [-0.39, 0.29) is 5.91 Å². The van der Waals surface area contributed by atoms with Crippen LogP contribution in [0.15, 0.2) is 18.2 Å². The van der Waals surface area contributed by atoms with Crippen molar-refractivity contribution in [1.29, 1.82) is 0 Å². The predicted octanol–water partition coefficient (Wildman–Crippen LogP) is 2.23. The first-order chi connectivity index (χ1) is 10.3. The minimum absolute atomic E-state index is 0.0662. The number of hydrogen-bond donors (Lipinski definition) is 1. The highest BCUT2D eigenvalue weighted by molar-refractivity contribution is 5.98.